The molecule has 9 heteroatoms. The van der Waals surface area contributed by atoms with Crippen molar-refractivity contribution in [1.82, 2.24) is 0 Å². The van der Waals surface area contributed by atoms with Crippen molar-refractivity contribution in [2.24, 2.45) is 5.92 Å². The molecule has 0 fully saturated rings. The van der Waals surface area contributed by atoms with Crippen molar-refractivity contribution in [3.05, 3.63) is 0 Å². The first-order valence-electron chi connectivity index (χ1n) is 23.9. The van der Waals surface area contributed by atoms with Crippen molar-refractivity contribution in [1.29, 1.82) is 0 Å². The van der Waals surface area contributed by atoms with Crippen molar-refractivity contribution >= 4 is 5.97 Å². The van der Waals surface area contributed by atoms with E-state index in [1.165, 1.54) is 122 Å². The van der Waals surface area contributed by atoms with Crippen LogP contribution in [0.25, 0.3) is 0 Å². The molecule has 0 saturated heterocycles. The van der Waals surface area contributed by atoms with Gasteiger partial charge < -0.3 is 37.9 Å². The molecule has 0 bridgehead atoms. The molecule has 0 aromatic heterocycles. The highest BCUT2D eigenvalue weighted by atomic mass is 16.5. The van der Waals surface area contributed by atoms with Gasteiger partial charge in [0.2, 0.25) is 0 Å². The Labute approximate surface area is 361 Å². The van der Waals surface area contributed by atoms with E-state index in [1.54, 1.807) is 0 Å². The molecule has 0 spiro atoms. The first kappa shape index (κ1) is 61.5. The van der Waals surface area contributed by atoms with E-state index in [1.807, 2.05) is 13.8 Å². The van der Waals surface area contributed by atoms with Crippen LogP contribution in [0.5, 0.6) is 0 Å². The molecule has 0 aliphatic heterocycles. The Morgan fingerprint density at radius 3 is 0.759 bits per heavy atom. The van der Waals surface area contributed by atoms with Gasteiger partial charge >= 0.3 is 5.97 Å². The lowest BCUT2D eigenvalue weighted by atomic mass is 10.0. The first-order chi connectivity index (χ1) is 27.7. The Hall–Kier alpha value is -0.810. The minimum atomic E-state index is -0.120. The van der Waals surface area contributed by atoms with Crippen molar-refractivity contribution in [3.8, 4) is 0 Å². The van der Waals surface area contributed by atoms with Gasteiger partial charge in [0.15, 0.2) is 0 Å². The lowest BCUT2D eigenvalue weighted by Crippen LogP contribution is -2.15. The molecule has 0 aromatic rings. The molecule has 0 N–H and O–H groups in total. The van der Waals surface area contributed by atoms with Crippen LogP contribution in [0.4, 0.5) is 0 Å². The van der Waals surface area contributed by atoms with Gasteiger partial charge in [-0.15, -0.1) is 0 Å². The van der Waals surface area contributed by atoms with E-state index in [0.29, 0.717) is 52.9 Å². The fourth-order valence-electron chi connectivity index (χ4n) is 6.22. The third-order valence-electron chi connectivity index (χ3n) is 10.0. The van der Waals surface area contributed by atoms with Crippen LogP contribution < -0.4 is 0 Å². The summed E-state index contributed by atoms with van der Waals surface area (Å²) >= 11 is 0. The maximum absolute atomic E-state index is 11.6. The molecule has 58 heavy (non-hydrogen) atoms. The van der Waals surface area contributed by atoms with Crippen LogP contribution in [-0.4, -0.2) is 105 Å². The third-order valence-corrected chi connectivity index (χ3v) is 10.0. The number of hydrogen-bond donors (Lipinski definition) is 0. The fourth-order valence-corrected chi connectivity index (χ4v) is 6.22. The van der Waals surface area contributed by atoms with Gasteiger partial charge in [-0.1, -0.05) is 151 Å². The Kier molecular flexibility index (Phi) is 59.6. The van der Waals surface area contributed by atoms with Gasteiger partial charge in [0.25, 0.3) is 0 Å². The zero-order valence-corrected chi connectivity index (χ0v) is 37.5. The number of hydrogen-bond acceptors (Lipinski definition) is 9. The minimum absolute atomic E-state index is 0. The number of unbranched alkanes of at least 4 members (excludes halogenated alkanes) is 18. The predicted octanol–water partition coefficient (Wildman–Crippen LogP) is 13.1. The monoisotopic (exact) mass is 835 g/mol. The molecule has 0 aliphatic carbocycles. The van der Waals surface area contributed by atoms with Crippen LogP contribution in [0.2, 0.25) is 0 Å². The maximum atomic E-state index is 11.6. The minimum Gasteiger partial charge on any atom is -0.465 e. The average molecular weight is 835 g/mol. The Balaban J connectivity index is -0.0000151. The smallest absolute Gasteiger partial charge is 0.308 e. The van der Waals surface area contributed by atoms with Gasteiger partial charge in [-0.25, -0.2) is 0 Å². The molecule has 0 radical (unpaired) electrons. The van der Waals surface area contributed by atoms with E-state index in [0.717, 1.165) is 97.6 Å². The summed E-state index contributed by atoms with van der Waals surface area (Å²) in [7, 11) is 0. The molecule has 0 rings (SSSR count). The Morgan fingerprint density at radius 2 is 0.517 bits per heavy atom. The van der Waals surface area contributed by atoms with E-state index in [2.05, 4.69) is 6.92 Å². The van der Waals surface area contributed by atoms with E-state index >= 15 is 0 Å². The summed E-state index contributed by atoms with van der Waals surface area (Å²) in [5.74, 6) is -0.147. The fraction of sp³-hybridized carbons (Fsp3) is 0.980. The number of ether oxygens (including phenoxy) is 8. The molecular weight excluding hydrogens is 733 g/mol. The summed E-state index contributed by atoms with van der Waals surface area (Å²) < 4.78 is 45.0. The SMILES string of the molecule is C.C.CCCCCCCCCCCCCCCCCCCCCOCCCOCCCOCCCOCCCOCCCOCCCOCCCOC(=O)C(C)CC. The second kappa shape index (κ2) is 56.2. The molecule has 0 amide bonds. The van der Waals surface area contributed by atoms with Crippen molar-refractivity contribution in [2.75, 3.05) is 99.1 Å². The summed E-state index contributed by atoms with van der Waals surface area (Å²) in [5.41, 5.74) is 0. The highest BCUT2D eigenvalue weighted by Gasteiger charge is 2.11. The van der Waals surface area contributed by atoms with Crippen LogP contribution in [0.3, 0.4) is 0 Å². The summed E-state index contributed by atoms with van der Waals surface area (Å²) in [4.78, 5) is 11.6. The van der Waals surface area contributed by atoms with Gasteiger partial charge in [-0.05, 0) is 51.4 Å². The van der Waals surface area contributed by atoms with E-state index in [9.17, 15) is 4.79 Å². The predicted molar refractivity (Wildman–Crippen MR) is 245 cm³/mol. The topological polar surface area (TPSA) is 90.9 Å². The summed E-state index contributed by atoms with van der Waals surface area (Å²) in [5, 5.41) is 0. The summed E-state index contributed by atoms with van der Waals surface area (Å²) in [6.45, 7) is 16.8. The van der Waals surface area contributed by atoms with Crippen LogP contribution >= 0.6 is 0 Å². The number of carbonyl (C=O) groups excluding carboxylic acids is 1. The summed E-state index contributed by atoms with van der Waals surface area (Å²) in [6, 6.07) is 0. The molecule has 0 aliphatic rings. The maximum Gasteiger partial charge on any atom is 0.308 e. The lowest BCUT2D eigenvalue weighted by molar-refractivity contribution is -0.148. The first-order valence-corrected chi connectivity index (χ1v) is 23.9. The van der Waals surface area contributed by atoms with Gasteiger partial charge in [-0.3, -0.25) is 4.79 Å². The second-order valence-corrected chi connectivity index (χ2v) is 15.6. The van der Waals surface area contributed by atoms with Crippen molar-refractivity contribution in [3.63, 3.8) is 0 Å². The van der Waals surface area contributed by atoms with Crippen LogP contribution in [0.1, 0.15) is 209 Å². The molecule has 0 aromatic carbocycles. The molecule has 0 saturated carbocycles. The van der Waals surface area contributed by atoms with E-state index in [4.69, 9.17) is 37.9 Å². The average Bonchev–Trinajstić information content (AvgIpc) is 3.21. The van der Waals surface area contributed by atoms with Crippen molar-refractivity contribution < 1.29 is 42.7 Å². The largest absolute Gasteiger partial charge is 0.465 e. The number of carbonyl (C=O) groups is 1. The van der Waals surface area contributed by atoms with Gasteiger partial charge in [-0.2, -0.15) is 0 Å². The third kappa shape index (κ3) is 53.2. The molecule has 0 heterocycles. The van der Waals surface area contributed by atoms with Gasteiger partial charge in [0.1, 0.15) is 0 Å². The second-order valence-electron chi connectivity index (χ2n) is 15.6. The molecule has 9 nitrogen and oxygen atoms in total. The number of rotatable bonds is 50. The zero-order valence-electron chi connectivity index (χ0n) is 37.5. The standard InChI is InChI=1S/C47H94O9.2CH4/c1-4-6-7-8-9-10-11-12-13-14-15-16-17-18-19-20-21-22-23-31-49-32-24-33-50-34-25-35-51-36-26-37-52-38-27-39-53-40-28-41-54-42-29-43-55-44-30-45-56-47(48)46(3)5-2;;/h46H,4-45H2,1-3H3;2*1H4. The highest BCUT2D eigenvalue weighted by Crippen LogP contribution is 2.14. The highest BCUT2D eigenvalue weighted by molar-refractivity contribution is 5.71. The molecule has 1 unspecified atom stereocenters. The van der Waals surface area contributed by atoms with Crippen LogP contribution in [0.15, 0.2) is 0 Å². The van der Waals surface area contributed by atoms with Gasteiger partial charge in [0.05, 0.1) is 12.5 Å². The summed E-state index contributed by atoms with van der Waals surface area (Å²) in [6.07, 6.45) is 33.8. The lowest BCUT2D eigenvalue weighted by Gasteiger charge is -2.09. The Bertz CT molecular complexity index is 726. The van der Waals surface area contributed by atoms with E-state index < -0.39 is 0 Å². The van der Waals surface area contributed by atoms with Crippen molar-refractivity contribution in [2.45, 2.75) is 209 Å². The van der Waals surface area contributed by atoms with Gasteiger partial charge in [0, 0.05) is 98.9 Å². The number of esters is 1. The quantitative estimate of drug-likeness (QED) is 0.0439. The normalized spacial score (nSPS) is 11.7. The van der Waals surface area contributed by atoms with Crippen LogP contribution in [0, 0.1) is 5.92 Å². The molecular formula is C49H102O9. The Morgan fingerprint density at radius 1 is 0.310 bits per heavy atom. The molecule has 352 valence electrons. The van der Waals surface area contributed by atoms with Crippen LogP contribution in [-0.2, 0) is 42.7 Å². The zero-order chi connectivity index (χ0) is 40.5. The van der Waals surface area contributed by atoms with E-state index in [-0.39, 0.29) is 26.7 Å². The molecule has 1 atom stereocenters.